The number of alkyl halides is 2. The summed E-state index contributed by atoms with van der Waals surface area (Å²) < 4.78 is 33.6. The molecule has 1 fully saturated rings. The minimum Gasteiger partial charge on any atom is -0.394 e. The number of hydrogen-bond donors (Lipinski definition) is 4. The third-order valence-electron chi connectivity index (χ3n) is 3.64. The molecular formula is C14H18F2O5. The Morgan fingerprint density at radius 1 is 1.14 bits per heavy atom. The van der Waals surface area contributed by atoms with E-state index in [1.165, 1.54) is 12.1 Å². The fourth-order valence-corrected chi connectivity index (χ4v) is 2.39. The predicted molar refractivity (Wildman–Crippen MR) is 68.7 cm³/mol. The highest BCUT2D eigenvalue weighted by atomic mass is 19.2. The van der Waals surface area contributed by atoms with Crippen LogP contribution in [0.5, 0.6) is 0 Å². The van der Waals surface area contributed by atoms with Crippen LogP contribution in [0.3, 0.4) is 0 Å². The number of rotatable bonds is 4. The van der Waals surface area contributed by atoms with Crippen molar-refractivity contribution in [3.8, 4) is 0 Å². The topological polar surface area (TPSA) is 90.2 Å². The second-order valence-electron chi connectivity index (χ2n) is 5.13. The lowest BCUT2D eigenvalue weighted by Crippen LogP contribution is -2.63. The first-order chi connectivity index (χ1) is 9.89. The molecular weight excluding hydrogens is 286 g/mol. The molecule has 1 saturated heterocycles. The Bertz CT molecular complexity index is 458. The molecule has 1 aromatic carbocycles. The van der Waals surface area contributed by atoms with Gasteiger partial charge in [0.1, 0.15) is 30.6 Å². The zero-order valence-electron chi connectivity index (χ0n) is 11.1. The molecule has 0 aromatic heterocycles. The highest BCUT2D eigenvalue weighted by Crippen LogP contribution is 2.39. The molecule has 118 valence electrons. The molecule has 0 radical (unpaired) electrons. The van der Waals surface area contributed by atoms with Gasteiger partial charge in [-0.2, -0.15) is 0 Å². The van der Waals surface area contributed by atoms with Crippen molar-refractivity contribution >= 4 is 0 Å². The maximum atomic E-state index is 14.7. The molecule has 0 aliphatic carbocycles. The van der Waals surface area contributed by atoms with E-state index in [1.54, 1.807) is 18.2 Å². The first-order valence-electron chi connectivity index (χ1n) is 6.60. The van der Waals surface area contributed by atoms with Gasteiger partial charge in [-0.15, -0.1) is 0 Å². The molecule has 0 saturated carbocycles. The lowest BCUT2D eigenvalue weighted by atomic mass is 9.89. The van der Waals surface area contributed by atoms with Gasteiger partial charge in [0.2, 0.25) is 5.85 Å². The SMILES string of the molecule is OC[C@H]1OC(F)(C[C@H](F)c2ccccc2)[C@H](O)[C@@H](O)[C@@H]1O. The van der Waals surface area contributed by atoms with Gasteiger partial charge >= 0.3 is 0 Å². The van der Waals surface area contributed by atoms with E-state index in [4.69, 9.17) is 9.84 Å². The molecule has 1 aliphatic heterocycles. The fourth-order valence-electron chi connectivity index (χ4n) is 2.39. The van der Waals surface area contributed by atoms with Gasteiger partial charge in [0.25, 0.3) is 0 Å². The summed E-state index contributed by atoms with van der Waals surface area (Å²) in [7, 11) is 0. The summed E-state index contributed by atoms with van der Waals surface area (Å²) in [5.74, 6) is -2.90. The summed E-state index contributed by atoms with van der Waals surface area (Å²) in [4.78, 5) is 0. The van der Waals surface area contributed by atoms with E-state index in [1.807, 2.05) is 0 Å². The van der Waals surface area contributed by atoms with E-state index in [-0.39, 0.29) is 5.56 Å². The van der Waals surface area contributed by atoms with Crippen LogP contribution in [0.1, 0.15) is 18.2 Å². The zero-order chi connectivity index (χ0) is 15.6. The Labute approximate surface area is 120 Å². The second-order valence-corrected chi connectivity index (χ2v) is 5.13. The quantitative estimate of drug-likeness (QED) is 0.639. The van der Waals surface area contributed by atoms with Crippen LogP contribution in [0.4, 0.5) is 8.78 Å². The van der Waals surface area contributed by atoms with E-state index in [0.29, 0.717) is 0 Å². The maximum absolute atomic E-state index is 14.7. The number of hydrogen-bond acceptors (Lipinski definition) is 5. The van der Waals surface area contributed by atoms with Gasteiger partial charge in [-0.05, 0) is 5.56 Å². The molecule has 0 bridgehead atoms. The Kier molecular flexibility index (Phi) is 4.90. The van der Waals surface area contributed by atoms with Crippen LogP contribution in [-0.2, 0) is 4.74 Å². The molecule has 21 heavy (non-hydrogen) atoms. The Balaban J connectivity index is 2.16. The van der Waals surface area contributed by atoms with Crippen LogP contribution < -0.4 is 0 Å². The summed E-state index contributed by atoms with van der Waals surface area (Å²) in [5.41, 5.74) is 0.200. The molecule has 2 rings (SSSR count). The molecule has 0 amide bonds. The van der Waals surface area contributed by atoms with Gasteiger partial charge in [0.15, 0.2) is 0 Å². The predicted octanol–water partition coefficient (Wildman–Crippen LogP) is 0.227. The molecule has 6 atom stereocenters. The van der Waals surface area contributed by atoms with Crippen molar-refractivity contribution < 1.29 is 33.9 Å². The summed E-state index contributed by atoms with van der Waals surface area (Å²) in [6.45, 7) is -0.765. The smallest absolute Gasteiger partial charge is 0.241 e. The third-order valence-corrected chi connectivity index (χ3v) is 3.64. The van der Waals surface area contributed by atoms with E-state index in [9.17, 15) is 24.1 Å². The van der Waals surface area contributed by atoms with Crippen molar-refractivity contribution in [1.82, 2.24) is 0 Å². The zero-order valence-corrected chi connectivity index (χ0v) is 11.1. The van der Waals surface area contributed by atoms with Crippen molar-refractivity contribution in [3.05, 3.63) is 35.9 Å². The van der Waals surface area contributed by atoms with Crippen molar-refractivity contribution in [2.75, 3.05) is 6.61 Å². The van der Waals surface area contributed by atoms with Crippen LogP contribution in [0.25, 0.3) is 0 Å². The highest BCUT2D eigenvalue weighted by Gasteiger charge is 2.55. The van der Waals surface area contributed by atoms with Crippen molar-refractivity contribution in [2.24, 2.45) is 0 Å². The van der Waals surface area contributed by atoms with Crippen LogP contribution in [0, 0.1) is 0 Å². The number of aliphatic hydroxyl groups excluding tert-OH is 4. The van der Waals surface area contributed by atoms with Crippen molar-refractivity contribution in [2.45, 2.75) is 42.9 Å². The average Bonchev–Trinajstić information content (AvgIpc) is 2.50. The van der Waals surface area contributed by atoms with E-state index in [2.05, 4.69) is 0 Å². The van der Waals surface area contributed by atoms with E-state index >= 15 is 0 Å². The first kappa shape index (κ1) is 16.3. The molecule has 5 nitrogen and oxygen atoms in total. The van der Waals surface area contributed by atoms with Gasteiger partial charge < -0.3 is 25.2 Å². The van der Waals surface area contributed by atoms with Crippen LogP contribution >= 0.6 is 0 Å². The minimum absolute atomic E-state index is 0.200. The minimum atomic E-state index is -2.90. The fraction of sp³-hybridized carbons (Fsp3) is 0.571. The lowest BCUT2D eigenvalue weighted by molar-refractivity contribution is -0.325. The largest absolute Gasteiger partial charge is 0.394 e. The summed E-state index contributed by atoms with van der Waals surface area (Å²) >= 11 is 0. The van der Waals surface area contributed by atoms with Gasteiger partial charge in [0, 0.05) is 6.42 Å². The second kappa shape index (κ2) is 6.33. The first-order valence-corrected chi connectivity index (χ1v) is 6.60. The van der Waals surface area contributed by atoms with Crippen LogP contribution in [0.2, 0.25) is 0 Å². The maximum Gasteiger partial charge on any atom is 0.241 e. The number of halogens is 2. The normalized spacial score (nSPS) is 38.2. The molecule has 1 aromatic rings. The van der Waals surface area contributed by atoms with Crippen molar-refractivity contribution in [1.29, 1.82) is 0 Å². The molecule has 1 heterocycles. The highest BCUT2D eigenvalue weighted by molar-refractivity contribution is 5.18. The molecule has 7 heteroatoms. The average molecular weight is 304 g/mol. The lowest BCUT2D eigenvalue weighted by Gasteiger charge is -2.44. The van der Waals surface area contributed by atoms with E-state index < -0.39 is 49.5 Å². The summed E-state index contributed by atoms with van der Waals surface area (Å²) in [5, 5.41) is 37.9. The number of ether oxygens (including phenoxy) is 1. The Hall–Kier alpha value is -1.12. The Morgan fingerprint density at radius 2 is 1.76 bits per heavy atom. The molecule has 1 unspecified atom stereocenters. The number of aliphatic hydroxyl groups is 4. The molecule has 1 aliphatic rings. The summed E-state index contributed by atoms with van der Waals surface area (Å²) in [6, 6.07) is 7.76. The number of benzene rings is 1. The van der Waals surface area contributed by atoms with Crippen LogP contribution in [-0.4, -0.2) is 57.3 Å². The monoisotopic (exact) mass is 304 g/mol. The third kappa shape index (κ3) is 3.22. The van der Waals surface area contributed by atoms with Crippen molar-refractivity contribution in [3.63, 3.8) is 0 Å². The Morgan fingerprint density at radius 3 is 2.33 bits per heavy atom. The van der Waals surface area contributed by atoms with Gasteiger partial charge in [-0.25, -0.2) is 8.78 Å². The molecule has 0 spiro atoms. The van der Waals surface area contributed by atoms with E-state index in [0.717, 1.165) is 0 Å². The summed E-state index contributed by atoms with van der Waals surface area (Å²) in [6.07, 6.45) is -9.70. The van der Waals surface area contributed by atoms with Crippen LogP contribution in [0.15, 0.2) is 30.3 Å². The van der Waals surface area contributed by atoms with Gasteiger partial charge in [-0.1, -0.05) is 30.3 Å². The van der Waals surface area contributed by atoms with Gasteiger partial charge in [0.05, 0.1) is 6.61 Å². The standard InChI is InChI=1S/C14H18F2O5/c15-9(8-4-2-1-3-5-8)6-14(16)13(20)12(19)11(18)10(7-17)21-14/h1-5,9-13,17-20H,6-7H2/t9-,10+,11+,12-,13+,14?/m0/s1. The molecule has 4 N–H and O–H groups in total. The van der Waals surface area contributed by atoms with Gasteiger partial charge in [-0.3, -0.25) is 0 Å².